The third kappa shape index (κ3) is 4.01. The van der Waals surface area contributed by atoms with Crippen LogP contribution in [0, 0.1) is 11.3 Å². The van der Waals surface area contributed by atoms with Gasteiger partial charge in [-0.15, -0.1) is 0 Å². The number of hydrogen-bond acceptors (Lipinski definition) is 6. The number of nitriles is 1. The van der Waals surface area contributed by atoms with Crippen molar-refractivity contribution in [3.63, 3.8) is 0 Å². The maximum absolute atomic E-state index is 13.1. The maximum Gasteiger partial charge on any atom is 0.414 e. The Hall–Kier alpha value is -3.31. The van der Waals surface area contributed by atoms with Gasteiger partial charge in [-0.1, -0.05) is 6.08 Å². The van der Waals surface area contributed by atoms with E-state index in [1.807, 2.05) is 13.1 Å². The average Bonchev–Trinajstić information content (AvgIpc) is 3.11. The number of carbonyl (C=O) groups is 2. The van der Waals surface area contributed by atoms with Gasteiger partial charge in [0.2, 0.25) is 0 Å². The third-order valence-corrected chi connectivity index (χ3v) is 6.04. The molecule has 0 aromatic heterocycles. The topological polar surface area (TPSA) is 88.9 Å². The zero-order chi connectivity index (χ0) is 22.1. The van der Waals surface area contributed by atoms with E-state index in [9.17, 15) is 14.9 Å². The van der Waals surface area contributed by atoms with E-state index in [-0.39, 0.29) is 23.7 Å². The lowest BCUT2D eigenvalue weighted by Gasteiger charge is -2.40. The summed E-state index contributed by atoms with van der Waals surface area (Å²) in [5.74, 6) is -0.153. The van der Waals surface area contributed by atoms with Gasteiger partial charge in [0.1, 0.15) is 18.8 Å². The smallest absolute Gasteiger partial charge is 0.414 e. The first-order chi connectivity index (χ1) is 14.9. The molecule has 1 N–H and O–H groups in total. The molecular weight excluding hydrogens is 394 g/mol. The molecule has 8 heteroatoms. The highest BCUT2D eigenvalue weighted by Crippen LogP contribution is 2.26. The molecule has 0 bridgehead atoms. The summed E-state index contributed by atoms with van der Waals surface area (Å²) in [4.78, 5) is 30.8. The van der Waals surface area contributed by atoms with E-state index in [0.717, 1.165) is 13.1 Å². The number of ether oxygens (including phenoxy) is 1. The summed E-state index contributed by atoms with van der Waals surface area (Å²) in [5.41, 5.74) is 3.67. The molecule has 3 aliphatic heterocycles. The molecule has 2 atom stereocenters. The molecule has 0 saturated carbocycles. The van der Waals surface area contributed by atoms with Gasteiger partial charge in [-0.3, -0.25) is 14.6 Å². The van der Waals surface area contributed by atoms with Gasteiger partial charge in [-0.25, -0.2) is 4.79 Å². The lowest BCUT2D eigenvalue weighted by molar-refractivity contribution is 0.0578. The second-order valence-corrected chi connectivity index (χ2v) is 8.31. The number of cyclic esters (lactones) is 1. The van der Waals surface area contributed by atoms with Crippen molar-refractivity contribution in [2.75, 3.05) is 37.7 Å². The number of piperazine rings is 1. The molecule has 0 radical (unpaired) electrons. The van der Waals surface area contributed by atoms with Crippen LogP contribution in [0.3, 0.4) is 0 Å². The highest BCUT2D eigenvalue weighted by molar-refractivity contribution is 5.98. The molecule has 0 spiro atoms. The summed E-state index contributed by atoms with van der Waals surface area (Å²) in [7, 11) is 0. The highest BCUT2D eigenvalue weighted by atomic mass is 16.6. The van der Waals surface area contributed by atoms with Crippen LogP contribution < -0.4 is 10.2 Å². The van der Waals surface area contributed by atoms with Crippen LogP contribution in [0.15, 0.2) is 41.6 Å². The van der Waals surface area contributed by atoms with Gasteiger partial charge in [0, 0.05) is 38.1 Å². The van der Waals surface area contributed by atoms with Crippen LogP contribution in [0.4, 0.5) is 10.5 Å². The van der Waals surface area contributed by atoms with Crippen molar-refractivity contribution in [2.24, 2.45) is 0 Å². The molecule has 3 heterocycles. The molecule has 31 heavy (non-hydrogen) atoms. The van der Waals surface area contributed by atoms with E-state index in [1.54, 1.807) is 23.1 Å². The number of dihydropyridines is 1. The summed E-state index contributed by atoms with van der Waals surface area (Å²) < 4.78 is 5.06. The van der Waals surface area contributed by atoms with Crippen LogP contribution in [0.2, 0.25) is 0 Å². The number of amides is 2. The van der Waals surface area contributed by atoms with Crippen molar-refractivity contribution >= 4 is 17.7 Å². The standard InChI is InChI=1S/C23H27N5O3/c1-15-10-16(2)21(25-13-15)26-6-8-27(9-7-26)22(29)20-5-4-19(11-18(20)12-24)28-17(3)14-31-23(28)30/h4-5,10-11,13,17,21,25H,6-9,14H2,1-3H3/t17-,21?/m1/s1. The van der Waals surface area contributed by atoms with Crippen molar-refractivity contribution in [3.8, 4) is 6.07 Å². The van der Waals surface area contributed by atoms with Crippen LogP contribution in [-0.2, 0) is 4.74 Å². The van der Waals surface area contributed by atoms with Crippen molar-refractivity contribution in [1.82, 2.24) is 15.1 Å². The minimum absolute atomic E-state index is 0.113. The van der Waals surface area contributed by atoms with E-state index >= 15 is 0 Å². The normalized spacial score (nSPS) is 24.1. The number of carbonyl (C=O) groups excluding carboxylic acids is 2. The summed E-state index contributed by atoms with van der Waals surface area (Å²) >= 11 is 0. The summed E-state index contributed by atoms with van der Waals surface area (Å²) in [5, 5.41) is 13.1. The molecule has 2 saturated heterocycles. The Kier molecular flexibility index (Phi) is 5.70. The van der Waals surface area contributed by atoms with Crippen LogP contribution in [0.1, 0.15) is 36.7 Å². The predicted molar refractivity (Wildman–Crippen MR) is 116 cm³/mol. The number of nitrogens with one attached hydrogen (secondary N) is 1. The molecule has 0 aliphatic carbocycles. The first-order valence-corrected chi connectivity index (χ1v) is 10.5. The summed E-state index contributed by atoms with van der Waals surface area (Å²) in [6, 6.07) is 6.96. The molecular formula is C23H27N5O3. The van der Waals surface area contributed by atoms with Gasteiger partial charge in [-0.2, -0.15) is 5.26 Å². The van der Waals surface area contributed by atoms with Gasteiger partial charge < -0.3 is 15.0 Å². The fraction of sp³-hybridized carbons (Fsp3) is 0.435. The number of nitrogens with zero attached hydrogens (tertiary/aromatic N) is 4. The van der Waals surface area contributed by atoms with Crippen molar-refractivity contribution in [1.29, 1.82) is 5.26 Å². The van der Waals surface area contributed by atoms with E-state index in [0.29, 0.717) is 30.9 Å². The molecule has 1 unspecified atom stereocenters. The fourth-order valence-electron chi connectivity index (χ4n) is 4.41. The Morgan fingerprint density at radius 3 is 2.58 bits per heavy atom. The molecule has 1 aromatic carbocycles. The number of benzene rings is 1. The minimum Gasteiger partial charge on any atom is -0.447 e. The van der Waals surface area contributed by atoms with Gasteiger partial charge in [0.25, 0.3) is 5.91 Å². The van der Waals surface area contributed by atoms with E-state index in [4.69, 9.17) is 4.74 Å². The van der Waals surface area contributed by atoms with E-state index in [2.05, 4.69) is 36.2 Å². The van der Waals surface area contributed by atoms with Gasteiger partial charge in [0.15, 0.2) is 0 Å². The van der Waals surface area contributed by atoms with Crippen LogP contribution >= 0.6 is 0 Å². The molecule has 4 rings (SSSR count). The Labute approximate surface area is 182 Å². The number of allylic oxidation sites excluding steroid dienone is 2. The van der Waals surface area contributed by atoms with Crippen molar-refractivity contribution in [2.45, 2.75) is 33.0 Å². The first-order valence-electron chi connectivity index (χ1n) is 10.5. The summed E-state index contributed by atoms with van der Waals surface area (Å²) in [6.45, 7) is 9.05. The largest absolute Gasteiger partial charge is 0.447 e. The van der Waals surface area contributed by atoms with Gasteiger partial charge in [0.05, 0.1) is 17.2 Å². The number of anilines is 1. The fourth-order valence-corrected chi connectivity index (χ4v) is 4.41. The third-order valence-electron chi connectivity index (χ3n) is 6.04. The number of hydrogen-bond donors (Lipinski definition) is 1. The minimum atomic E-state index is -0.433. The first kappa shape index (κ1) is 20.9. The Bertz CT molecular complexity index is 1000. The predicted octanol–water partition coefficient (Wildman–Crippen LogP) is 2.44. The lowest BCUT2D eigenvalue weighted by Crippen LogP contribution is -2.55. The van der Waals surface area contributed by atoms with Crippen LogP contribution in [0.5, 0.6) is 0 Å². The van der Waals surface area contributed by atoms with Crippen LogP contribution in [-0.4, -0.2) is 66.8 Å². The van der Waals surface area contributed by atoms with E-state index < -0.39 is 6.09 Å². The molecule has 8 nitrogen and oxygen atoms in total. The molecule has 3 aliphatic rings. The molecule has 162 valence electrons. The molecule has 1 aromatic rings. The van der Waals surface area contributed by atoms with Gasteiger partial charge >= 0.3 is 6.09 Å². The zero-order valence-electron chi connectivity index (χ0n) is 18.1. The average molecular weight is 422 g/mol. The SMILES string of the molecule is CC1=CNC(N2CCN(C(=O)c3ccc(N4C(=O)OC[C@H]4C)cc3C#N)CC2)C(C)=C1. The Balaban J connectivity index is 1.45. The lowest BCUT2D eigenvalue weighted by atomic mass is 10.0. The molecule has 2 fully saturated rings. The number of rotatable bonds is 3. The summed E-state index contributed by atoms with van der Waals surface area (Å²) in [6.07, 6.45) is 3.91. The zero-order valence-corrected chi connectivity index (χ0v) is 18.1. The van der Waals surface area contributed by atoms with E-state index in [1.165, 1.54) is 16.0 Å². The second kappa shape index (κ2) is 8.44. The Morgan fingerprint density at radius 1 is 1.23 bits per heavy atom. The maximum atomic E-state index is 13.1. The van der Waals surface area contributed by atoms with Crippen molar-refractivity contribution in [3.05, 3.63) is 52.7 Å². The quantitative estimate of drug-likeness (QED) is 0.807. The Morgan fingerprint density at radius 2 is 1.97 bits per heavy atom. The van der Waals surface area contributed by atoms with Crippen LogP contribution in [0.25, 0.3) is 0 Å². The monoisotopic (exact) mass is 421 g/mol. The van der Waals surface area contributed by atoms with Gasteiger partial charge in [-0.05, 0) is 50.1 Å². The highest BCUT2D eigenvalue weighted by Gasteiger charge is 2.32. The van der Waals surface area contributed by atoms with Crippen molar-refractivity contribution < 1.29 is 14.3 Å². The molecule has 2 amide bonds. The second-order valence-electron chi connectivity index (χ2n) is 8.31.